The van der Waals surface area contributed by atoms with Crippen LogP contribution in [0.1, 0.15) is 36.8 Å². The summed E-state index contributed by atoms with van der Waals surface area (Å²) in [6.07, 6.45) is 1.69. The average Bonchev–Trinajstić information content (AvgIpc) is 2.62. The summed E-state index contributed by atoms with van der Waals surface area (Å²) >= 11 is 0. The molecule has 0 fully saturated rings. The summed E-state index contributed by atoms with van der Waals surface area (Å²) in [6, 6.07) is 0. The number of β-amino-alcohol motifs (C(OH)–C–C–N with tert-alkyl or cyclic N) is 1. The maximum atomic E-state index is 14.4. The van der Waals surface area contributed by atoms with Gasteiger partial charge < -0.3 is 9.67 Å². The molecule has 1 atom stereocenters. The van der Waals surface area contributed by atoms with E-state index in [0.29, 0.717) is 18.7 Å². The molecule has 0 bridgehead atoms. The number of halogens is 1. The third-order valence-electron chi connectivity index (χ3n) is 3.77. The van der Waals surface area contributed by atoms with Gasteiger partial charge in [-0.2, -0.15) is 9.49 Å². The summed E-state index contributed by atoms with van der Waals surface area (Å²) in [5.74, 6) is -0.292. The predicted octanol–water partition coefficient (Wildman–Crippen LogP) is 1.52. The van der Waals surface area contributed by atoms with Gasteiger partial charge in [-0.15, -0.1) is 0 Å². The second kappa shape index (κ2) is 3.57. The van der Waals surface area contributed by atoms with E-state index in [2.05, 4.69) is 18.9 Å². The van der Waals surface area contributed by atoms with Gasteiger partial charge in [-0.25, -0.2) is 0 Å². The molecule has 1 unspecified atom stereocenters. The van der Waals surface area contributed by atoms with Crippen molar-refractivity contribution < 1.29 is 9.50 Å². The topological polar surface area (TPSA) is 40.8 Å². The van der Waals surface area contributed by atoms with Crippen LogP contribution in [0.2, 0.25) is 0 Å². The molecule has 1 aromatic heterocycles. The molecule has 0 spiro atoms. The molecule has 0 amide bonds. The number of aliphatic hydroxyl groups is 1. The van der Waals surface area contributed by atoms with Crippen LogP contribution in [0.5, 0.6) is 0 Å². The van der Waals surface area contributed by atoms with Gasteiger partial charge in [0.05, 0.1) is 12.8 Å². The molecule has 1 aromatic rings. The molecule has 5 heteroatoms. The van der Waals surface area contributed by atoms with Crippen LogP contribution in [-0.2, 0) is 13.0 Å². The Morgan fingerprint density at radius 2 is 2.22 bits per heavy atom. The molecule has 0 saturated carbocycles. The molecule has 4 nitrogen and oxygen atoms in total. The highest BCUT2D eigenvalue weighted by Gasteiger charge is 2.37. The van der Waals surface area contributed by atoms with Gasteiger partial charge in [0, 0.05) is 30.4 Å². The standard InChI is InChI=1S/C13H18FN3O/c1-13(2)4-9-8-5-15-16(3)6-10(18)11(8)12(14)17(9)7-13/h5,10,18H,4,6-7H2,1-3H3. The van der Waals surface area contributed by atoms with Crippen molar-refractivity contribution in [1.82, 2.24) is 9.58 Å². The van der Waals surface area contributed by atoms with Crippen LogP contribution >= 0.6 is 0 Å². The molecule has 2 aliphatic heterocycles. The summed E-state index contributed by atoms with van der Waals surface area (Å²) in [4.78, 5) is 0. The second-order valence-electron chi connectivity index (χ2n) is 6.09. The van der Waals surface area contributed by atoms with Crippen LogP contribution in [0.4, 0.5) is 4.39 Å². The average molecular weight is 251 g/mol. The van der Waals surface area contributed by atoms with Crippen molar-refractivity contribution >= 4 is 6.21 Å². The SMILES string of the molecule is CN1CC(O)c2c(c3n(c2F)CC(C)(C)C3)C=N1. The second-order valence-corrected chi connectivity index (χ2v) is 6.09. The van der Waals surface area contributed by atoms with Crippen molar-refractivity contribution in [1.29, 1.82) is 0 Å². The molecule has 0 aliphatic carbocycles. The number of hydrazone groups is 1. The summed E-state index contributed by atoms with van der Waals surface area (Å²) < 4.78 is 16.1. The molecule has 2 aliphatic rings. The maximum absolute atomic E-state index is 14.4. The summed E-state index contributed by atoms with van der Waals surface area (Å²) in [6.45, 7) is 5.25. The lowest BCUT2D eigenvalue weighted by Crippen LogP contribution is -2.19. The molecule has 0 saturated heterocycles. The Morgan fingerprint density at radius 1 is 1.50 bits per heavy atom. The number of hydrogen-bond donors (Lipinski definition) is 1. The molecule has 18 heavy (non-hydrogen) atoms. The van der Waals surface area contributed by atoms with Gasteiger partial charge in [0.1, 0.15) is 6.10 Å². The Hall–Kier alpha value is -1.36. The lowest BCUT2D eigenvalue weighted by molar-refractivity contribution is 0.126. The first-order chi connectivity index (χ1) is 8.39. The Kier molecular flexibility index (Phi) is 2.32. The lowest BCUT2D eigenvalue weighted by atomic mass is 9.89. The maximum Gasteiger partial charge on any atom is 0.200 e. The van der Waals surface area contributed by atoms with E-state index >= 15 is 0 Å². The molecule has 0 aromatic carbocycles. The minimum absolute atomic E-state index is 0.0716. The first-order valence-electron chi connectivity index (χ1n) is 6.23. The van der Waals surface area contributed by atoms with Crippen LogP contribution in [0.15, 0.2) is 5.10 Å². The zero-order valence-electron chi connectivity index (χ0n) is 10.9. The van der Waals surface area contributed by atoms with Crippen LogP contribution < -0.4 is 0 Å². The number of rotatable bonds is 0. The van der Waals surface area contributed by atoms with E-state index in [1.807, 2.05) is 0 Å². The highest BCUT2D eigenvalue weighted by molar-refractivity contribution is 5.84. The van der Waals surface area contributed by atoms with Crippen molar-refractivity contribution in [2.45, 2.75) is 32.9 Å². The van der Waals surface area contributed by atoms with Gasteiger partial charge >= 0.3 is 0 Å². The van der Waals surface area contributed by atoms with E-state index in [1.165, 1.54) is 0 Å². The number of hydrogen-bond acceptors (Lipinski definition) is 3. The Balaban J connectivity index is 2.16. The van der Waals surface area contributed by atoms with Crippen molar-refractivity contribution in [3.05, 3.63) is 22.8 Å². The molecule has 3 heterocycles. The normalized spacial score (nSPS) is 24.9. The fraction of sp³-hybridized carbons (Fsp3) is 0.615. The van der Waals surface area contributed by atoms with Crippen LogP contribution in [-0.4, -0.2) is 34.5 Å². The van der Waals surface area contributed by atoms with E-state index < -0.39 is 6.10 Å². The molecule has 0 radical (unpaired) electrons. The number of nitrogens with zero attached hydrogens (tertiary/aromatic N) is 3. The molecule has 1 N–H and O–H groups in total. The van der Waals surface area contributed by atoms with E-state index in [4.69, 9.17) is 0 Å². The van der Waals surface area contributed by atoms with E-state index in [1.54, 1.807) is 22.8 Å². The fourth-order valence-electron chi connectivity index (χ4n) is 2.97. The van der Waals surface area contributed by atoms with Gasteiger partial charge in [-0.05, 0) is 11.8 Å². The zero-order chi connectivity index (χ0) is 13.1. The number of aromatic nitrogens is 1. The monoisotopic (exact) mass is 251 g/mol. The molecular formula is C13H18FN3O. The number of likely N-dealkylation sites (N-methyl/N-ethyl adjacent to an activating group) is 1. The van der Waals surface area contributed by atoms with Gasteiger partial charge in [-0.3, -0.25) is 5.01 Å². The number of fused-ring (bicyclic) bond motifs is 3. The Morgan fingerprint density at radius 3 is 2.94 bits per heavy atom. The Labute approximate surface area is 106 Å². The quantitative estimate of drug-likeness (QED) is 0.759. The summed E-state index contributed by atoms with van der Waals surface area (Å²) in [7, 11) is 1.78. The lowest BCUT2D eigenvalue weighted by Gasteiger charge is -2.17. The largest absolute Gasteiger partial charge is 0.386 e. The number of aliphatic hydroxyl groups excluding tert-OH is 1. The minimum Gasteiger partial charge on any atom is -0.386 e. The van der Waals surface area contributed by atoms with E-state index in [-0.39, 0.29) is 11.4 Å². The summed E-state index contributed by atoms with van der Waals surface area (Å²) in [5, 5.41) is 16.0. The molecule has 3 rings (SSSR count). The zero-order valence-corrected chi connectivity index (χ0v) is 10.9. The molecule has 98 valence electrons. The third-order valence-corrected chi connectivity index (χ3v) is 3.77. The van der Waals surface area contributed by atoms with Gasteiger partial charge in [0.25, 0.3) is 0 Å². The van der Waals surface area contributed by atoms with Crippen molar-refractivity contribution in [2.24, 2.45) is 10.5 Å². The van der Waals surface area contributed by atoms with Crippen LogP contribution in [0, 0.1) is 11.4 Å². The predicted molar refractivity (Wildman–Crippen MR) is 67.1 cm³/mol. The van der Waals surface area contributed by atoms with Crippen LogP contribution in [0.3, 0.4) is 0 Å². The highest BCUT2D eigenvalue weighted by atomic mass is 19.1. The van der Waals surface area contributed by atoms with E-state index in [0.717, 1.165) is 17.7 Å². The van der Waals surface area contributed by atoms with Gasteiger partial charge in [0.15, 0.2) is 0 Å². The minimum atomic E-state index is -0.811. The van der Waals surface area contributed by atoms with Gasteiger partial charge in [0.2, 0.25) is 5.95 Å². The van der Waals surface area contributed by atoms with E-state index in [9.17, 15) is 9.50 Å². The first kappa shape index (κ1) is 11.7. The third kappa shape index (κ3) is 1.57. The first-order valence-corrected chi connectivity index (χ1v) is 6.23. The van der Waals surface area contributed by atoms with Crippen molar-refractivity contribution in [3.63, 3.8) is 0 Å². The van der Waals surface area contributed by atoms with Crippen LogP contribution in [0.25, 0.3) is 0 Å². The van der Waals surface area contributed by atoms with Crippen molar-refractivity contribution in [3.8, 4) is 0 Å². The van der Waals surface area contributed by atoms with Crippen molar-refractivity contribution in [2.75, 3.05) is 13.6 Å². The molecular weight excluding hydrogens is 233 g/mol. The van der Waals surface area contributed by atoms with Gasteiger partial charge in [-0.1, -0.05) is 13.8 Å². The smallest absolute Gasteiger partial charge is 0.200 e. The summed E-state index contributed by atoms with van der Waals surface area (Å²) in [5.41, 5.74) is 2.22. The fourth-order valence-corrected chi connectivity index (χ4v) is 2.97. The Bertz CT molecular complexity index is 533. The highest BCUT2D eigenvalue weighted by Crippen LogP contribution is 2.39.